The van der Waals surface area contributed by atoms with Crippen LogP contribution >= 0.6 is 0 Å². The lowest BCUT2D eigenvalue weighted by atomic mass is 10.0. The molecule has 1 fully saturated rings. The second-order valence-electron chi connectivity index (χ2n) is 5.01. The number of carbonyl (C=O) groups is 1. The Morgan fingerprint density at radius 1 is 1.29 bits per heavy atom. The quantitative estimate of drug-likeness (QED) is 0.794. The van der Waals surface area contributed by atoms with Crippen LogP contribution in [0.2, 0.25) is 0 Å². The monoisotopic (exact) mass is 295 g/mol. The number of ether oxygens (including phenoxy) is 3. The first-order valence-corrected chi connectivity index (χ1v) is 6.77. The summed E-state index contributed by atoms with van der Waals surface area (Å²) < 4.78 is 16.4. The zero-order valence-corrected chi connectivity index (χ0v) is 12.8. The van der Waals surface area contributed by atoms with Gasteiger partial charge in [0.2, 0.25) is 0 Å². The molecule has 1 amide bonds. The molecule has 0 N–H and O–H groups in total. The SMILES string of the molecule is CO[C@H]1[C@H](N(C)C(=O)c2cnc(C)nc2)COC[C@H]1OC. The van der Waals surface area contributed by atoms with Crippen LogP contribution in [0.5, 0.6) is 0 Å². The zero-order chi connectivity index (χ0) is 15.4. The maximum Gasteiger partial charge on any atom is 0.257 e. The smallest absolute Gasteiger partial charge is 0.257 e. The second-order valence-corrected chi connectivity index (χ2v) is 5.01. The Hall–Kier alpha value is -1.57. The number of hydrogen-bond donors (Lipinski definition) is 0. The van der Waals surface area contributed by atoms with Crippen LogP contribution in [0.15, 0.2) is 12.4 Å². The molecule has 0 unspecified atom stereocenters. The summed E-state index contributed by atoms with van der Waals surface area (Å²) in [6.45, 7) is 2.64. The Morgan fingerprint density at radius 3 is 2.52 bits per heavy atom. The Balaban J connectivity index is 2.15. The molecule has 7 nitrogen and oxygen atoms in total. The predicted molar refractivity (Wildman–Crippen MR) is 75.1 cm³/mol. The minimum absolute atomic E-state index is 0.164. The largest absolute Gasteiger partial charge is 0.376 e. The average molecular weight is 295 g/mol. The van der Waals surface area contributed by atoms with E-state index in [9.17, 15) is 4.79 Å². The third-order valence-corrected chi connectivity index (χ3v) is 3.74. The highest BCUT2D eigenvalue weighted by molar-refractivity contribution is 5.93. The average Bonchev–Trinajstić information content (AvgIpc) is 2.53. The number of amides is 1. The Labute approximate surface area is 124 Å². The van der Waals surface area contributed by atoms with E-state index in [-0.39, 0.29) is 24.2 Å². The molecule has 0 spiro atoms. The van der Waals surface area contributed by atoms with E-state index >= 15 is 0 Å². The molecule has 0 radical (unpaired) electrons. The van der Waals surface area contributed by atoms with Crippen LogP contribution in [0.25, 0.3) is 0 Å². The van der Waals surface area contributed by atoms with Crippen LogP contribution in [0.3, 0.4) is 0 Å². The topological polar surface area (TPSA) is 73.8 Å². The first-order valence-electron chi connectivity index (χ1n) is 6.77. The van der Waals surface area contributed by atoms with Gasteiger partial charge in [-0.05, 0) is 6.92 Å². The molecular formula is C14H21N3O4. The van der Waals surface area contributed by atoms with E-state index in [1.54, 1.807) is 33.1 Å². The minimum Gasteiger partial charge on any atom is -0.376 e. The molecule has 0 saturated carbocycles. The summed E-state index contributed by atoms with van der Waals surface area (Å²) in [5.41, 5.74) is 0.442. The van der Waals surface area contributed by atoms with Gasteiger partial charge in [0.1, 0.15) is 18.0 Å². The van der Waals surface area contributed by atoms with Gasteiger partial charge in [-0.25, -0.2) is 9.97 Å². The predicted octanol–water partition coefficient (Wildman–Crippen LogP) is 0.286. The molecule has 0 bridgehead atoms. The van der Waals surface area contributed by atoms with E-state index < -0.39 is 0 Å². The summed E-state index contributed by atoms with van der Waals surface area (Å²) in [5.74, 6) is 0.465. The van der Waals surface area contributed by atoms with Gasteiger partial charge in [-0.3, -0.25) is 4.79 Å². The fourth-order valence-electron chi connectivity index (χ4n) is 2.44. The van der Waals surface area contributed by atoms with Crippen molar-refractivity contribution in [1.29, 1.82) is 0 Å². The molecular weight excluding hydrogens is 274 g/mol. The fourth-order valence-corrected chi connectivity index (χ4v) is 2.44. The zero-order valence-electron chi connectivity index (χ0n) is 12.8. The molecule has 0 aromatic carbocycles. The van der Waals surface area contributed by atoms with Crippen molar-refractivity contribution in [3.05, 3.63) is 23.8 Å². The van der Waals surface area contributed by atoms with Gasteiger partial charge in [-0.1, -0.05) is 0 Å². The Kier molecular flexibility index (Phi) is 5.22. The van der Waals surface area contributed by atoms with Crippen LogP contribution in [0.4, 0.5) is 0 Å². The van der Waals surface area contributed by atoms with Crippen molar-refractivity contribution in [2.45, 2.75) is 25.2 Å². The number of rotatable bonds is 4. The third kappa shape index (κ3) is 3.37. The summed E-state index contributed by atoms with van der Waals surface area (Å²) >= 11 is 0. The molecule has 1 aliphatic rings. The first kappa shape index (κ1) is 15.8. The number of carbonyl (C=O) groups excluding carboxylic acids is 1. The highest BCUT2D eigenvalue weighted by Crippen LogP contribution is 2.20. The lowest BCUT2D eigenvalue weighted by Gasteiger charge is -2.40. The highest BCUT2D eigenvalue weighted by atomic mass is 16.6. The fraction of sp³-hybridized carbons (Fsp3) is 0.643. The lowest BCUT2D eigenvalue weighted by molar-refractivity contribution is -0.147. The number of methoxy groups -OCH3 is 2. The molecule has 1 aliphatic heterocycles. The third-order valence-electron chi connectivity index (χ3n) is 3.74. The van der Waals surface area contributed by atoms with Crippen LogP contribution in [-0.2, 0) is 14.2 Å². The number of aromatic nitrogens is 2. The van der Waals surface area contributed by atoms with Crippen LogP contribution in [0, 0.1) is 6.92 Å². The van der Waals surface area contributed by atoms with Gasteiger partial charge in [0.15, 0.2) is 0 Å². The molecule has 2 heterocycles. The van der Waals surface area contributed by atoms with Gasteiger partial charge < -0.3 is 19.1 Å². The van der Waals surface area contributed by atoms with E-state index in [1.165, 1.54) is 12.4 Å². The molecule has 1 aromatic rings. The maximum atomic E-state index is 12.5. The maximum absolute atomic E-state index is 12.5. The van der Waals surface area contributed by atoms with Crippen molar-refractivity contribution >= 4 is 5.91 Å². The van der Waals surface area contributed by atoms with Crippen molar-refractivity contribution in [3.8, 4) is 0 Å². The summed E-state index contributed by atoms with van der Waals surface area (Å²) in [7, 11) is 4.95. The van der Waals surface area contributed by atoms with E-state index in [0.717, 1.165) is 0 Å². The van der Waals surface area contributed by atoms with Crippen molar-refractivity contribution in [2.75, 3.05) is 34.5 Å². The molecule has 1 saturated heterocycles. The van der Waals surface area contributed by atoms with Crippen molar-refractivity contribution in [3.63, 3.8) is 0 Å². The summed E-state index contributed by atoms with van der Waals surface area (Å²) in [4.78, 5) is 22.2. The summed E-state index contributed by atoms with van der Waals surface area (Å²) in [6.07, 6.45) is 2.63. The van der Waals surface area contributed by atoms with E-state index in [2.05, 4.69) is 9.97 Å². The van der Waals surface area contributed by atoms with Gasteiger partial charge >= 0.3 is 0 Å². The van der Waals surface area contributed by atoms with E-state index in [0.29, 0.717) is 24.6 Å². The van der Waals surface area contributed by atoms with Crippen LogP contribution < -0.4 is 0 Å². The molecule has 21 heavy (non-hydrogen) atoms. The van der Waals surface area contributed by atoms with E-state index in [4.69, 9.17) is 14.2 Å². The Bertz CT molecular complexity index is 480. The van der Waals surface area contributed by atoms with Gasteiger partial charge in [0.25, 0.3) is 5.91 Å². The Morgan fingerprint density at radius 2 is 1.95 bits per heavy atom. The van der Waals surface area contributed by atoms with Gasteiger partial charge in [0.05, 0.1) is 24.8 Å². The lowest BCUT2D eigenvalue weighted by Crippen LogP contribution is -2.57. The molecule has 7 heteroatoms. The number of hydrogen-bond acceptors (Lipinski definition) is 6. The van der Waals surface area contributed by atoms with Gasteiger partial charge in [-0.2, -0.15) is 0 Å². The van der Waals surface area contributed by atoms with Crippen LogP contribution in [0.1, 0.15) is 16.2 Å². The van der Waals surface area contributed by atoms with Gasteiger partial charge in [0, 0.05) is 33.7 Å². The molecule has 3 atom stereocenters. The first-order chi connectivity index (χ1) is 10.1. The van der Waals surface area contributed by atoms with E-state index in [1.807, 2.05) is 0 Å². The second kappa shape index (κ2) is 6.93. The number of aryl methyl sites for hydroxylation is 1. The molecule has 0 aliphatic carbocycles. The number of nitrogens with zero attached hydrogens (tertiary/aromatic N) is 3. The van der Waals surface area contributed by atoms with Crippen molar-refractivity contribution < 1.29 is 19.0 Å². The number of likely N-dealkylation sites (N-methyl/N-ethyl adjacent to an activating group) is 1. The standard InChI is InChI=1S/C14H21N3O4/c1-9-15-5-10(6-16-9)14(18)17(2)11-7-21-8-12(19-3)13(11)20-4/h5-6,11-13H,7-8H2,1-4H3/t11-,12-,13+/m1/s1. The van der Waals surface area contributed by atoms with Gasteiger partial charge in [-0.15, -0.1) is 0 Å². The molecule has 116 valence electrons. The highest BCUT2D eigenvalue weighted by Gasteiger charge is 2.38. The molecule has 2 rings (SSSR count). The molecule has 1 aromatic heterocycles. The van der Waals surface area contributed by atoms with Crippen LogP contribution in [-0.4, -0.2) is 73.5 Å². The minimum atomic E-state index is -0.232. The van der Waals surface area contributed by atoms with Crippen molar-refractivity contribution in [1.82, 2.24) is 14.9 Å². The van der Waals surface area contributed by atoms with Crippen molar-refractivity contribution in [2.24, 2.45) is 0 Å². The summed E-state index contributed by atoms with van der Waals surface area (Å²) in [5, 5.41) is 0. The normalized spacial score (nSPS) is 25.6. The summed E-state index contributed by atoms with van der Waals surface area (Å²) in [6, 6.07) is -0.220.